The molecule has 0 aromatic carbocycles. The van der Waals surface area contributed by atoms with E-state index in [0.717, 1.165) is 18.5 Å². The fourth-order valence-electron chi connectivity index (χ4n) is 3.12. The Bertz CT molecular complexity index is 355. The summed E-state index contributed by atoms with van der Waals surface area (Å²) in [5.41, 5.74) is 5.65. The Kier molecular flexibility index (Phi) is 3.72. The predicted molar refractivity (Wildman–Crippen MR) is 69.9 cm³/mol. The van der Waals surface area contributed by atoms with E-state index in [4.69, 9.17) is 5.73 Å². The van der Waals surface area contributed by atoms with E-state index in [1.54, 1.807) is 11.3 Å². The van der Waals surface area contributed by atoms with Crippen molar-refractivity contribution in [1.82, 2.24) is 9.88 Å². The Labute approximate surface area is 106 Å². The molecule has 1 aromatic heterocycles. The molecule has 2 atom stereocenters. The molecule has 2 unspecified atom stereocenters. The Morgan fingerprint density at radius 1 is 1.44 bits per heavy atom. The van der Waals surface area contributed by atoms with E-state index in [1.807, 2.05) is 6.20 Å². The molecule has 3 nitrogen and oxygen atoms in total. The first-order valence-corrected chi connectivity index (χ1v) is 6.59. The van der Waals surface area contributed by atoms with Crippen molar-refractivity contribution >= 4 is 28.9 Å². The van der Waals surface area contributed by atoms with Gasteiger partial charge in [-0.3, -0.25) is 4.90 Å². The summed E-state index contributed by atoms with van der Waals surface area (Å²) in [6.45, 7) is 2.34. The summed E-state index contributed by atoms with van der Waals surface area (Å²) >= 11 is 1.63. The minimum Gasteiger partial charge on any atom is -0.375 e. The van der Waals surface area contributed by atoms with Gasteiger partial charge in [0, 0.05) is 23.7 Å². The van der Waals surface area contributed by atoms with Gasteiger partial charge in [0.25, 0.3) is 0 Å². The molecular formula is C11H18ClN3S. The molecule has 16 heavy (non-hydrogen) atoms. The molecule has 1 aliphatic heterocycles. The number of hydrogen-bond acceptors (Lipinski definition) is 4. The van der Waals surface area contributed by atoms with Crippen LogP contribution in [0.4, 0.5) is 5.13 Å². The van der Waals surface area contributed by atoms with Gasteiger partial charge in [0.05, 0.1) is 0 Å². The van der Waals surface area contributed by atoms with Gasteiger partial charge in [-0.25, -0.2) is 4.98 Å². The van der Waals surface area contributed by atoms with E-state index >= 15 is 0 Å². The van der Waals surface area contributed by atoms with Crippen molar-refractivity contribution in [3.63, 3.8) is 0 Å². The van der Waals surface area contributed by atoms with Crippen molar-refractivity contribution in [3.8, 4) is 0 Å². The van der Waals surface area contributed by atoms with Crippen LogP contribution in [0.3, 0.4) is 0 Å². The third-order valence-corrected chi connectivity index (χ3v) is 4.62. The summed E-state index contributed by atoms with van der Waals surface area (Å²) in [4.78, 5) is 8.06. The number of anilines is 1. The monoisotopic (exact) mass is 259 g/mol. The normalized spacial score (nSPS) is 29.0. The summed E-state index contributed by atoms with van der Waals surface area (Å²) in [5.74, 6) is 0.982. The topological polar surface area (TPSA) is 42.1 Å². The average molecular weight is 260 g/mol. The summed E-state index contributed by atoms with van der Waals surface area (Å²) in [6, 6.07) is 0.855. The van der Waals surface area contributed by atoms with Crippen LogP contribution in [-0.4, -0.2) is 22.5 Å². The van der Waals surface area contributed by atoms with E-state index < -0.39 is 0 Å². The average Bonchev–Trinajstić information content (AvgIpc) is 2.85. The van der Waals surface area contributed by atoms with Crippen molar-refractivity contribution in [2.24, 2.45) is 5.92 Å². The van der Waals surface area contributed by atoms with Gasteiger partial charge in [0.2, 0.25) is 0 Å². The molecule has 0 bridgehead atoms. The lowest BCUT2D eigenvalue weighted by molar-refractivity contribution is 0.235. The Hall–Kier alpha value is -0.320. The molecule has 2 fully saturated rings. The van der Waals surface area contributed by atoms with Crippen molar-refractivity contribution in [2.75, 3.05) is 12.3 Å². The second-order valence-electron chi connectivity index (χ2n) is 4.68. The molecule has 0 spiro atoms. The highest BCUT2D eigenvalue weighted by Gasteiger charge is 2.37. The minimum absolute atomic E-state index is 0. The van der Waals surface area contributed by atoms with E-state index in [1.165, 1.54) is 37.1 Å². The summed E-state index contributed by atoms with van der Waals surface area (Å²) in [5, 5.41) is 0.701. The number of nitrogen functional groups attached to an aromatic ring is 1. The lowest BCUT2D eigenvalue weighted by Gasteiger charge is -2.22. The first kappa shape index (κ1) is 12.1. The van der Waals surface area contributed by atoms with Gasteiger partial charge in [0.15, 0.2) is 5.13 Å². The molecule has 2 aliphatic rings. The Morgan fingerprint density at radius 2 is 2.31 bits per heavy atom. The first-order chi connectivity index (χ1) is 7.33. The fraction of sp³-hybridized carbons (Fsp3) is 0.727. The molecule has 0 amide bonds. The summed E-state index contributed by atoms with van der Waals surface area (Å²) in [7, 11) is 0. The number of fused-ring (bicyclic) bond motifs is 1. The van der Waals surface area contributed by atoms with E-state index in [0.29, 0.717) is 5.13 Å². The Balaban J connectivity index is 0.000000963. The van der Waals surface area contributed by atoms with E-state index in [2.05, 4.69) is 9.88 Å². The zero-order chi connectivity index (χ0) is 10.3. The summed E-state index contributed by atoms with van der Waals surface area (Å²) < 4.78 is 0. The zero-order valence-corrected chi connectivity index (χ0v) is 10.9. The molecule has 2 N–H and O–H groups in total. The van der Waals surface area contributed by atoms with E-state index in [-0.39, 0.29) is 12.4 Å². The van der Waals surface area contributed by atoms with Crippen molar-refractivity contribution in [2.45, 2.75) is 38.3 Å². The first-order valence-electron chi connectivity index (χ1n) is 5.77. The third kappa shape index (κ3) is 2.19. The molecule has 90 valence electrons. The predicted octanol–water partition coefficient (Wildman–Crippen LogP) is 2.52. The van der Waals surface area contributed by atoms with Gasteiger partial charge in [0.1, 0.15) is 0 Å². The molecule has 3 rings (SSSR count). The fourth-order valence-corrected chi connectivity index (χ4v) is 3.83. The van der Waals surface area contributed by atoms with Gasteiger partial charge in [-0.2, -0.15) is 0 Å². The number of hydrogen-bond donors (Lipinski definition) is 1. The molecule has 1 saturated heterocycles. The molecule has 1 aliphatic carbocycles. The highest BCUT2D eigenvalue weighted by atomic mass is 35.5. The smallest absolute Gasteiger partial charge is 0.180 e. The van der Waals surface area contributed by atoms with Crippen molar-refractivity contribution in [1.29, 1.82) is 0 Å². The standard InChI is InChI=1S/C11H17N3S.ClH/c12-11-13-6-9(15-11)7-14-5-4-8-2-1-3-10(8)14;/h6,8,10H,1-5,7H2,(H2,12,13);1H. The molecule has 1 saturated carbocycles. The SMILES string of the molecule is Cl.Nc1ncc(CN2CCC3CCCC32)s1. The van der Waals surface area contributed by atoms with Gasteiger partial charge in [-0.1, -0.05) is 6.42 Å². The van der Waals surface area contributed by atoms with Crippen LogP contribution in [0.25, 0.3) is 0 Å². The molecule has 5 heteroatoms. The van der Waals surface area contributed by atoms with Crippen LogP contribution in [0.15, 0.2) is 6.20 Å². The molecule has 1 aromatic rings. The van der Waals surface area contributed by atoms with Gasteiger partial charge in [-0.15, -0.1) is 23.7 Å². The number of nitrogens with two attached hydrogens (primary N) is 1. The molecular weight excluding hydrogens is 242 g/mol. The number of likely N-dealkylation sites (tertiary alicyclic amines) is 1. The maximum absolute atomic E-state index is 5.65. The van der Waals surface area contributed by atoms with Gasteiger partial charge >= 0.3 is 0 Å². The number of rotatable bonds is 2. The number of aromatic nitrogens is 1. The lowest BCUT2D eigenvalue weighted by atomic mass is 10.1. The van der Waals surface area contributed by atoms with Crippen LogP contribution in [0, 0.1) is 5.92 Å². The van der Waals surface area contributed by atoms with Crippen molar-refractivity contribution in [3.05, 3.63) is 11.1 Å². The van der Waals surface area contributed by atoms with Crippen LogP contribution in [0.5, 0.6) is 0 Å². The maximum atomic E-state index is 5.65. The second kappa shape index (κ2) is 4.90. The lowest BCUT2D eigenvalue weighted by Crippen LogP contribution is -2.29. The van der Waals surface area contributed by atoms with Crippen LogP contribution in [-0.2, 0) is 6.54 Å². The van der Waals surface area contributed by atoms with Crippen LogP contribution in [0.2, 0.25) is 0 Å². The van der Waals surface area contributed by atoms with Gasteiger partial charge < -0.3 is 5.73 Å². The van der Waals surface area contributed by atoms with Crippen molar-refractivity contribution < 1.29 is 0 Å². The third-order valence-electron chi connectivity index (χ3n) is 3.81. The maximum Gasteiger partial charge on any atom is 0.180 e. The highest BCUT2D eigenvalue weighted by Crippen LogP contribution is 2.38. The van der Waals surface area contributed by atoms with Crippen LogP contribution < -0.4 is 5.73 Å². The van der Waals surface area contributed by atoms with Gasteiger partial charge in [-0.05, 0) is 31.7 Å². The van der Waals surface area contributed by atoms with Crippen LogP contribution in [0.1, 0.15) is 30.6 Å². The molecule has 2 heterocycles. The minimum atomic E-state index is 0. The number of halogens is 1. The molecule has 0 radical (unpaired) electrons. The largest absolute Gasteiger partial charge is 0.375 e. The second-order valence-corrected chi connectivity index (χ2v) is 5.83. The zero-order valence-electron chi connectivity index (χ0n) is 9.26. The Morgan fingerprint density at radius 3 is 3.06 bits per heavy atom. The van der Waals surface area contributed by atoms with Crippen LogP contribution >= 0.6 is 23.7 Å². The highest BCUT2D eigenvalue weighted by molar-refractivity contribution is 7.15. The number of nitrogens with zero attached hydrogens (tertiary/aromatic N) is 2. The summed E-state index contributed by atoms with van der Waals surface area (Å²) in [6.07, 6.45) is 7.61. The quantitative estimate of drug-likeness (QED) is 0.888. The van der Waals surface area contributed by atoms with E-state index in [9.17, 15) is 0 Å². The number of thiazole rings is 1.